The van der Waals surface area contributed by atoms with E-state index < -0.39 is 11.2 Å². The zero-order valence-electron chi connectivity index (χ0n) is 15.6. The Kier molecular flexibility index (Phi) is 5.70. The standard InChI is InChI=1S/C20H13Cl2N5O4/c21-13-7-12(27-20(30)26-17(29)10-24-27)8-14(22)18(13)31-19-23-9-16(28)15(25-19)6-11-4-2-1-3-5-11/h1-5,7-10,28H,6H2,(H,26,29,30). The minimum atomic E-state index is -0.749. The third-order valence-corrected chi connectivity index (χ3v) is 4.73. The van der Waals surface area contributed by atoms with Gasteiger partial charge in [0, 0.05) is 6.42 Å². The number of aromatic nitrogens is 5. The normalized spacial score (nSPS) is 10.8. The van der Waals surface area contributed by atoms with Crippen LogP contribution in [0.1, 0.15) is 11.3 Å². The zero-order valence-corrected chi connectivity index (χ0v) is 17.1. The number of hydrogen-bond acceptors (Lipinski definition) is 7. The second kappa shape index (κ2) is 8.58. The highest BCUT2D eigenvalue weighted by Gasteiger charge is 2.16. The van der Waals surface area contributed by atoms with E-state index >= 15 is 0 Å². The van der Waals surface area contributed by atoms with Crippen molar-refractivity contribution in [1.29, 1.82) is 0 Å². The van der Waals surface area contributed by atoms with Gasteiger partial charge in [-0.25, -0.2) is 4.79 Å². The number of H-pyrrole nitrogens is 1. The molecule has 2 aromatic heterocycles. The summed E-state index contributed by atoms with van der Waals surface area (Å²) < 4.78 is 6.58. The molecule has 156 valence electrons. The van der Waals surface area contributed by atoms with Crippen molar-refractivity contribution in [2.45, 2.75) is 6.42 Å². The van der Waals surface area contributed by atoms with Gasteiger partial charge in [0.15, 0.2) is 11.5 Å². The molecule has 2 aromatic carbocycles. The lowest BCUT2D eigenvalue weighted by atomic mass is 10.1. The van der Waals surface area contributed by atoms with E-state index in [4.69, 9.17) is 27.9 Å². The predicted molar refractivity (Wildman–Crippen MR) is 113 cm³/mol. The fourth-order valence-corrected chi connectivity index (χ4v) is 3.31. The molecule has 0 spiro atoms. The van der Waals surface area contributed by atoms with Gasteiger partial charge >= 0.3 is 11.7 Å². The second-order valence-corrected chi connectivity index (χ2v) is 7.15. The molecule has 0 fully saturated rings. The molecular formula is C20H13Cl2N5O4. The molecule has 31 heavy (non-hydrogen) atoms. The summed E-state index contributed by atoms with van der Waals surface area (Å²) in [5.41, 5.74) is 0.153. The van der Waals surface area contributed by atoms with Crippen molar-refractivity contribution in [3.63, 3.8) is 0 Å². The number of nitrogens with one attached hydrogen (secondary N) is 1. The Balaban J connectivity index is 1.64. The number of nitrogens with zero attached hydrogens (tertiary/aromatic N) is 4. The number of aromatic amines is 1. The SMILES string of the molecule is O=c1cnn(-c2cc(Cl)c(Oc3ncc(O)c(Cc4ccccc4)n3)c(Cl)c2)c(=O)[nH]1. The third-order valence-electron chi connectivity index (χ3n) is 4.17. The predicted octanol–water partition coefficient (Wildman–Crippen LogP) is 3.11. The molecule has 0 aliphatic heterocycles. The topological polar surface area (TPSA) is 123 Å². The summed E-state index contributed by atoms with van der Waals surface area (Å²) in [5.74, 6) is -0.0202. The maximum Gasteiger partial charge on any atom is 0.349 e. The molecule has 0 aliphatic rings. The quantitative estimate of drug-likeness (QED) is 0.471. The smallest absolute Gasteiger partial charge is 0.349 e. The monoisotopic (exact) mass is 457 g/mol. The van der Waals surface area contributed by atoms with E-state index in [1.165, 1.54) is 18.3 Å². The summed E-state index contributed by atoms with van der Waals surface area (Å²) in [6.07, 6.45) is 2.54. The van der Waals surface area contributed by atoms with Crippen LogP contribution in [0.3, 0.4) is 0 Å². The number of aromatic hydroxyl groups is 1. The Bertz CT molecular complexity index is 1350. The van der Waals surface area contributed by atoms with Crippen LogP contribution in [0.25, 0.3) is 5.69 Å². The van der Waals surface area contributed by atoms with Gasteiger partial charge in [-0.3, -0.25) is 9.78 Å². The van der Waals surface area contributed by atoms with Crippen LogP contribution in [0, 0.1) is 0 Å². The number of halogens is 2. The van der Waals surface area contributed by atoms with Gasteiger partial charge in [-0.1, -0.05) is 53.5 Å². The highest BCUT2D eigenvalue weighted by atomic mass is 35.5. The Morgan fingerprint density at radius 3 is 2.45 bits per heavy atom. The van der Waals surface area contributed by atoms with Crippen molar-refractivity contribution in [2.24, 2.45) is 0 Å². The van der Waals surface area contributed by atoms with Crippen molar-refractivity contribution in [3.8, 4) is 23.2 Å². The molecule has 0 saturated heterocycles. The minimum absolute atomic E-state index is 0.0564. The number of ether oxygens (including phenoxy) is 1. The van der Waals surface area contributed by atoms with E-state index in [1.807, 2.05) is 30.3 Å². The summed E-state index contributed by atoms with van der Waals surface area (Å²) in [7, 11) is 0. The highest BCUT2D eigenvalue weighted by molar-refractivity contribution is 6.37. The first-order chi connectivity index (χ1) is 14.9. The van der Waals surface area contributed by atoms with Crippen molar-refractivity contribution >= 4 is 23.2 Å². The summed E-state index contributed by atoms with van der Waals surface area (Å²) in [6.45, 7) is 0. The molecule has 0 aliphatic carbocycles. The van der Waals surface area contributed by atoms with Crippen LogP contribution in [0.2, 0.25) is 10.0 Å². The molecule has 4 rings (SSSR count). The van der Waals surface area contributed by atoms with Gasteiger partial charge in [-0.2, -0.15) is 19.7 Å². The average molecular weight is 458 g/mol. The van der Waals surface area contributed by atoms with E-state index in [9.17, 15) is 14.7 Å². The molecule has 0 bridgehead atoms. The zero-order chi connectivity index (χ0) is 22.0. The molecule has 0 unspecified atom stereocenters. The van der Waals surface area contributed by atoms with Crippen LogP contribution >= 0.6 is 23.2 Å². The number of benzene rings is 2. The van der Waals surface area contributed by atoms with Crippen LogP contribution in [-0.4, -0.2) is 29.8 Å². The maximum absolute atomic E-state index is 11.9. The van der Waals surface area contributed by atoms with Crippen LogP contribution < -0.4 is 16.0 Å². The Hall–Kier alpha value is -3.69. The average Bonchev–Trinajstić information content (AvgIpc) is 2.73. The second-order valence-electron chi connectivity index (χ2n) is 6.34. The fraction of sp³-hybridized carbons (Fsp3) is 0.0500. The van der Waals surface area contributed by atoms with Crippen LogP contribution in [0.5, 0.6) is 17.5 Å². The van der Waals surface area contributed by atoms with Gasteiger partial charge in [0.1, 0.15) is 6.20 Å². The van der Waals surface area contributed by atoms with Crippen molar-refractivity contribution in [2.75, 3.05) is 0 Å². The minimum Gasteiger partial charge on any atom is -0.504 e. The van der Waals surface area contributed by atoms with Gasteiger partial charge in [0.25, 0.3) is 5.56 Å². The molecule has 4 aromatic rings. The third kappa shape index (κ3) is 4.57. The molecular weight excluding hydrogens is 445 g/mol. The van der Waals surface area contributed by atoms with Gasteiger partial charge < -0.3 is 9.84 Å². The Labute approximate surface area is 184 Å². The lowest BCUT2D eigenvalue weighted by Crippen LogP contribution is -2.30. The van der Waals surface area contributed by atoms with Crippen molar-refractivity contribution < 1.29 is 9.84 Å². The molecule has 0 atom stereocenters. The lowest BCUT2D eigenvalue weighted by Gasteiger charge is -2.12. The van der Waals surface area contributed by atoms with E-state index in [0.29, 0.717) is 12.1 Å². The number of rotatable bonds is 5. The molecule has 11 heteroatoms. The van der Waals surface area contributed by atoms with E-state index in [-0.39, 0.29) is 33.2 Å². The Morgan fingerprint density at radius 2 is 1.77 bits per heavy atom. The summed E-state index contributed by atoms with van der Waals surface area (Å²) in [6, 6.07) is 12.2. The van der Waals surface area contributed by atoms with Crippen molar-refractivity contribution in [3.05, 3.63) is 97.0 Å². The van der Waals surface area contributed by atoms with E-state index in [1.54, 1.807) is 0 Å². The van der Waals surface area contributed by atoms with Gasteiger partial charge in [0.05, 0.1) is 27.6 Å². The fourth-order valence-electron chi connectivity index (χ4n) is 2.76. The van der Waals surface area contributed by atoms with Crippen LogP contribution in [0.4, 0.5) is 0 Å². The molecule has 0 radical (unpaired) electrons. The first kappa shape index (κ1) is 20.6. The molecule has 0 saturated carbocycles. The van der Waals surface area contributed by atoms with Gasteiger partial charge in [-0.05, 0) is 17.7 Å². The molecule has 0 amide bonds. The highest BCUT2D eigenvalue weighted by Crippen LogP contribution is 2.37. The molecule has 2 N–H and O–H groups in total. The first-order valence-corrected chi connectivity index (χ1v) is 9.61. The molecule has 2 heterocycles. The van der Waals surface area contributed by atoms with E-state index in [0.717, 1.165) is 16.4 Å². The summed E-state index contributed by atoms with van der Waals surface area (Å²) >= 11 is 12.6. The molecule has 9 nitrogen and oxygen atoms in total. The van der Waals surface area contributed by atoms with Crippen molar-refractivity contribution in [1.82, 2.24) is 24.7 Å². The van der Waals surface area contributed by atoms with E-state index in [2.05, 4.69) is 20.1 Å². The number of hydrogen-bond donors (Lipinski definition) is 2. The summed E-state index contributed by atoms with van der Waals surface area (Å²) in [5, 5.41) is 14.0. The van der Waals surface area contributed by atoms with Crippen LogP contribution in [-0.2, 0) is 6.42 Å². The first-order valence-electron chi connectivity index (χ1n) is 8.85. The maximum atomic E-state index is 11.9. The largest absolute Gasteiger partial charge is 0.504 e. The Morgan fingerprint density at radius 1 is 1.06 bits per heavy atom. The van der Waals surface area contributed by atoms with Gasteiger partial charge in [-0.15, -0.1) is 0 Å². The van der Waals surface area contributed by atoms with Gasteiger partial charge in [0.2, 0.25) is 0 Å². The lowest BCUT2D eigenvalue weighted by molar-refractivity contribution is 0.421. The van der Waals surface area contributed by atoms with Crippen LogP contribution in [0.15, 0.2) is 64.4 Å². The summed E-state index contributed by atoms with van der Waals surface area (Å²) in [4.78, 5) is 33.4.